The van der Waals surface area contributed by atoms with Gasteiger partial charge in [-0.15, -0.1) is 0 Å². The number of hydrogen-bond acceptors (Lipinski definition) is 4. The molecule has 0 aliphatic carbocycles. The molecular weight excluding hydrogens is 256 g/mol. The SMILES string of the molecule is COc1cc(O)c(/C=C\C(=O)c2ccccc2)cc1O. The van der Waals surface area contributed by atoms with Crippen LogP contribution in [0.2, 0.25) is 0 Å². The zero-order valence-electron chi connectivity index (χ0n) is 10.9. The van der Waals surface area contributed by atoms with Crippen molar-refractivity contribution in [3.05, 3.63) is 59.7 Å². The van der Waals surface area contributed by atoms with Crippen LogP contribution in [0.15, 0.2) is 48.5 Å². The van der Waals surface area contributed by atoms with Crippen LogP contribution in [0.5, 0.6) is 17.2 Å². The summed E-state index contributed by atoms with van der Waals surface area (Å²) in [5, 5.41) is 19.4. The average molecular weight is 270 g/mol. The molecule has 20 heavy (non-hydrogen) atoms. The number of methoxy groups -OCH3 is 1. The first kappa shape index (κ1) is 13.7. The molecule has 4 heteroatoms. The zero-order chi connectivity index (χ0) is 14.5. The van der Waals surface area contributed by atoms with Crippen LogP contribution in [0.1, 0.15) is 15.9 Å². The Morgan fingerprint density at radius 3 is 2.45 bits per heavy atom. The second-order valence-corrected chi connectivity index (χ2v) is 4.15. The lowest BCUT2D eigenvalue weighted by Gasteiger charge is -2.06. The van der Waals surface area contributed by atoms with E-state index in [4.69, 9.17) is 4.74 Å². The topological polar surface area (TPSA) is 66.8 Å². The fourth-order valence-corrected chi connectivity index (χ4v) is 1.73. The van der Waals surface area contributed by atoms with Crippen molar-refractivity contribution < 1.29 is 19.7 Å². The van der Waals surface area contributed by atoms with Crippen molar-refractivity contribution in [2.45, 2.75) is 0 Å². The van der Waals surface area contributed by atoms with E-state index < -0.39 is 0 Å². The normalized spacial score (nSPS) is 10.7. The molecule has 4 nitrogen and oxygen atoms in total. The number of benzene rings is 2. The number of hydrogen-bond donors (Lipinski definition) is 2. The van der Waals surface area contributed by atoms with Crippen molar-refractivity contribution in [1.29, 1.82) is 0 Å². The molecule has 2 rings (SSSR count). The van der Waals surface area contributed by atoms with Gasteiger partial charge in [-0.05, 0) is 18.2 Å². The van der Waals surface area contributed by atoms with Crippen LogP contribution in [0.3, 0.4) is 0 Å². The van der Waals surface area contributed by atoms with E-state index in [-0.39, 0.29) is 23.0 Å². The third-order valence-corrected chi connectivity index (χ3v) is 2.80. The standard InChI is InChI=1S/C16H14O4/c1-20-16-10-14(18)12(9-15(16)19)7-8-13(17)11-5-3-2-4-6-11/h2-10,18-19H,1H3/b8-7-. The largest absolute Gasteiger partial charge is 0.507 e. The lowest BCUT2D eigenvalue weighted by atomic mass is 10.1. The number of ether oxygens (including phenoxy) is 1. The molecule has 0 fully saturated rings. The Kier molecular flexibility index (Phi) is 4.05. The van der Waals surface area contributed by atoms with Gasteiger partial charge < -0.3 is 14.9 Å². The number of allylic oxidation sites excluding steroid dienone is 1. The molecule has 0 bridgehead atoms. The lowest BCUT2D eigenvalue weighted by molar-refractivity contribution is 0.104. The van der Waals surface area contributed by atoms with Gasteiger partial charge in [-0.3, -0.25) is 4.79 Å². The van der Waals surface area contributed by atoms with Crippen LogP contribution < -0.4 is 4.74 Å². The molecule has 2 N–H and O–H groups in total. The second kappa shape index (κ2) is 5.93. The fourth-order valence-electron chi connectivity index (χ4n) is 1.73. The maximum Gasteiger partial charge on any atom is 0.185 e. The monoisotopic (exact) mass is 270 g/mol. The Morgan fingerprint density at radius 1 is 1.10 bits per heavy atom. The molecule has 0 atom stereocenters. The molecule has 0 amide bonds. The summed E-state index contributed by atoms with van der Waals surface area (Å²) in [6, 6.07) is 11.4. The quantitative estimate of drug-likeness (QED) is 0.509. The minimum absolute atomic E-state index is 0.0724. The molecule has 0 spiro atoms. The highest BCUT2D eigenvalue weighted by Crippen LogP contribution is 2.33. The van der Waals surface area contributed by atoms with Crippen LogP contribution >= 0.6 is 0 Å². The van der Waals surface area contributed by atoms with Gasteiger partial charge in [0.2, 0.25) is 0 Å². The fraction of sp³-hybridized carbons (Fsp3) is 0.0625. The van der Waals surface area contributed by atoms with Crippen molar-refractivity contribution >= 4 is 11.9 Å². The van der Waals surface area contributed by atoms with Gasteiger partial charge >= 0.3 is 0 Å². The Bertz CT molecular complexity index is 645. The lowest BCUT2D eigenvalue weighted by Crippen LogP contribution is -1.93. The smallest absolute Gasteiger partial charge is 0.185 e. The summed E-state index contributed by atoms with van der Waals surface area (Å²) in [5.74, 6) is -0.178. The minimum Gasteiger partial charge on any atom is -0.507 e. The molecule has 0 aliphatic rings. The van der Waals surface area contributed by atoms with E-state index in [1.54, 1.807) is 24.3 Å². The van der Waals surface area contributed by atoms with E-state index in [1.165, 1.54) is 31.4 Å². The Labute approximate surface area is 116 Å². The molecule has 0 heterocycles. The van der Waals surface area contributed by atoms with E-state index >= 15 is 0 Å². The van der Waals surface area contributed by atoms with Crippen molar-refractivity contribution in [2.24, 2.45) is 0 Å². The summed E-state index contributed by atoms with van der Waals surface area (Å²) >= 11 is 0. The zero-order valence-corrected chi connectivity index (χ0v) is 10.9. The van der Waals surface area contributed by atoms with Gasteiger partial charge in [0.25, 0.3) is 0 Å². The van der Waals surface area contributed by atoms with Gasteiger partial charge in [-0.1, -0.05) is 30.3 Å². The summed E-state index contributed by atoms with van der Waals surface area (Å²) in [6.45, 7) is 0. The van der Waals surface area contributed by atoms with Gasteiger partial charge in [0, 0.05) is 17.2 Å². The highest BCUT2D eigenvalue weighted by Gasteiger charge is 2.07. The van der Waals surface area contributed by atoms with Crippen molar-refractivity contribution in [1.82, 2.24) is 0 Å². The van der Waals surface area contributed by atoms with Gasteiger partial charge in [0.05, 0.1) is 7.11 Å². The van der Waals surface area contributed by atoms with Gasteiger partial charge in [-0.2, -0.15) is 0 Å². The molecule has 0 aromatic heterocycles. The first-order chi connectivity index (χ1) is 9.61. The molecular formula is C16H14O4. The summed E-state index contributed by atoms with van der Waals surface area (Å²) < 4.78 is 4.87. The van der Waals surface area contributed by atoms with E-state index in [1.807, 2.05) is 6.07 Å². The molecule has 0 radical (unpaired) electrons. The summed E-state index contributed by atoms with van der Waals surface area (Å²) in [5.41, 5.74) is 0.897. The molecule has 102 valence electrons. The number of carbonyl (C=O) groups is 1. The molecule has 0 unspecified atom stereocenters. The highest BCUT2D eigenvalue weighted by atomic mass is 16.5. The van der Waals surface area contributed by atoms with Crippen LogP contribution in [0, 0.1) is 0 Å². The molecule has 0 saturated heterocycles. The maximum absolute atomic E-state index is 11.9. The molecule has 0 saturated carbocycles. The summed E-state index contributed by atoms with van der Waals surface area (Å²) in [4.78, 5) is 11.9. The Balaban J connectivity index is 2.24. The third-order valence-electron chi connectivity index (χ3n) is 2.80. The summed E-state index contributed by atoms with van der Waals surface area (Å²) in [6.07, 6.45) is 2.79. The van der Waals surface area contributed by atoms with E-state index in [9.17, 15) is 15.0 Å². The van der Waals surface area contributed by atoms with Crippen LogP contribution in [0.25, 0.3) is 6.08 Å². The predicted molar refractivity (Wildman–Crippen MR) is 76.1 cm³/mol. The average Bonchev–Trinajstić information content (AvgIpc) is 2.48. The Hall–Kier alpha value is -2.75. The van der Waals surface area contributed by atoms with E-state index in [2.05, 4.69) is 0 Å². The van der Waals surface area contributed by atoms with Crippen molar-refractivity contribution in [3.63, 3.8) is 0 Å². The van der Waals surface area contributed by atoms with Gasteiger partial charge in [-0.25, -0.2) is 0 Å². The third kappa shape index (κ3) is 2.98. The Morgan fingerprint density at radius 2 is 1.80 bits per heavy atom. The maximum atomic E-state index is 11.9. The van der Waals surface area contributed by atoms with E-state index in [0.717, 1.165) is 0 Å². The van der Waals surface area contributed by atoms with Crippen LogP contribution in [-0.2, 0) is 0 Å². The van der Waals surface area contributed by atoms with Gasteiger partial charge in [0.15, 0.2) is 17.3 Å². The minimum atomic E-state index is -0.180. The number of aromatic hydroxyl groups is 2. The number of phenolic OH excluding ortho intramolecular Hbond substituents is 2. The van der Waals surface area contributed by atoms with Crippen LogP contribution in [0.4, 0.5) is 0 Å². The summed E-state index contributed by atoms with van der Waals surface area (Å²) in [7, 11) is 1.39. The number of ketones is 1. The number of phenols is 2. The number of carbonyl (C=O) groups excluding carboxylic acids is 1. The first-order valence-corrected chi connectivity index (χ1v) is 5.99. The first-order valence-electron chi connectivity index (χ1n) is 5.99. The molecule has 0 aliphatic heterocycles. The van der Waals surface area contributed by atoms with Crippen LogP contribution in [-0.4, -0.2) is 23.1 Å². The van der Waals surface area contributed by atoms with Crippen molar-refractivity contribution in [3.8, 4) is 17.2 Å². The molecule has 2 aromatic rings. The predicted octanol–water partition coefficient (Wildman–Crippen LogP) is 3.00. The molecule has 2 aromatic carbocycles. The highest BCUT2D eigenvalue weighted by molar-refractivity contribution is 6.06. The van der Waals surface area contributed by atoms with Crippen molar-refractivity contribution in [2.75, 3.05) is 7.11 Å². The second-order valence-electron chi connectivity index (χ2n) is 4.15. The van der Waals surface area contributed by atoms with E-state index in [0.29, 0.717) is 11.1 Å². The van der Waals surface area contributed by atoms with Gasteiger partial charge in [0.1, 0.15) is 5.75 Å². The number of rotatable bonds is 4.